The van der Waals surface area contributed by atoms with Crippen molar-refractivity contribution in [3.05, 3.63) is 0 Å². The Balaban J connectivity index is 2.00. The number of hydrogen-bond donors (Lipinski definition) is 1. The van der Waals surface area contributed by atoms with Gasteiger partial charge in [0.2, 0.25) is 0 Å². The first kappa shape index (κ1) is 15.1. The number of rotatable bonds is 2. The van der Waals surface area contributed by atoms with Crippen LogP contribution in [-0.2, 0) is 9.53 Å². The van der Waals surface area contributed by atoms with E-state index in [0.717, 1.165) is 6.42 Å². The summed E-state index contributed by atoms with van der Waals surface area (Å²) in [5, 5.41) is 9.28. The molecule has 0 saturated carbocycles. The molecule has 6 nitrogen and oxygen atoms in total. The van der Waals surface area contributed by atoms with E-state index in [-0.39, 0.29) is 18.2 Å². The Kier molecular flexibility index (Phi) is 3.48. The third kappa shape index (κ3) is 2.61. The van der Waals surface area contributed by atoms with Crippen molar-refractivity contribution < 1.29 is 19.4 Å². The van der Waals surface area contributed by atoms with Gasteiger partial charge < -0.3 is 9.84 Å². The number of hydrogen-bond acceptors (Lipinski definition) is 4. The predicted molar refractivity (Wildman–Crippen MR) is 73.6 cm³/mol. The van der Waals surface area contributed by atoms with E-state index in [1.807, 2.05) is 25.7 Å². The summed E-state index contributed by atoms with van der Waals surface area (Å²) in [6.45, 7) is 10.1. The molecule has 6 heteroatoms. The highest BCUT2D eigenvalue weighted by atomic mass is 16.6. The highest BCUT2D eigenvalue weighted by Crippen LogP contribution is 2.36. The molecule has 3 heterocycles. The minimum absolute atomic E-state index is 0.0715. The summed E-state index contributed by atoms with van der Waals surface area (Å²) in [5.41, 5.74) is -1.39. The summed E-state index contributed by atoms with van der Waals surface area (Å²) in [6, 6.07) is 0.143. The fourth-order valence-corrected chi connectivity index (χ4v) is 2.81. The number of ether oxygens (including phenoxy) is 1. The first-order valence-electron chi connectivity index (χ1n) is 7.02. The molecular weight excluding hydrogens is 260 g/mol. The summed E-state index contributed by atoms with van der Waals surface area (Å²) in [6.07, 6.45) is 0.650. The van der Waals surface area contributed by atoms with Crippen molar-refractivity contribution in [1.29, 1.82) is 0 Å². The van der Waals surface area contributed by atoms with Crippen molar-refractivity contribution in [3.63, 3.8) is 0 Å². The highest BCUT2D eigenvalue weighted by Gasteiger charge is 2.52. The molecule has 3 saturated heterocycles. The fraction of sp³-hybridized carbons (Fsp3) is 0.857. The van der Waals surface area contributed by atoms with E-state index in [1.54, 1.807) is 18.7 Å². The van der Waals surface area contributed by atoms with Gasteiger partial charge in [0.05, 0.1) is 12.1 Å². The van der Waals surface area contributed by atoms with Crippen LogP contribution in [-0.4, -0.2) is 63.3 Å². The zero-order chi connectivity index (χ0) is 15.3. The topological polar surface area (TPSA) is 70.1 Å². The first-order valence-corrected chi connectivity index (χ1v) is 7.02. The third-order valence-corrected chi connectivity index (χ3v) is 4.11. The van der Waals surface area contributed by atoms with Crippen LogP contribution in [0.15, 0.2) is 0 Å². The average Bonchev–Trinajstić information content (AvgIpc) is 2.25. The summed E-state index contributed by atoms with van der Waals surface area (Å²) < 4.78 is 5.40. The average molecular weight is 284 g/mol. The van der Waals surface area contributed by atoms with E-state index in [1.165, 1.54) is 0 Å². The minimum Gasteiger partial charge on any atom is -0.480 e. The quantitative estimate of drug-likeness (QED) is 0.833. The number of piperazine rings is 1. The Labute approximate surface area is 119 Å². The van der Waals surface area contributed by atoms with Gasteiger partial charge in [-0.25, -0.2) is 4.79 Å². The van der Waals surface area contributed by atoms with Crippen LogP contribution in [0.4, 0.5) is 4.79 Å². The van der Waals surface area contributed by atoms with Crippen molar-refractivity contribution in [2.24, 2.45) is 0 Å². The van der Waals surface area contributed by atoms with E-state index in [2.05, 4.69) is 0 Å². The lowest BCUT2D eigenvalue weighted by Crippen LogP contribution is -2.73. The van der Waals surface area contributed by atoms with Gasteiger partial charge >= 0.3 is 12.1 Å². The molecule has 0 aliphatic carbocycles. The molecule has 3 rings (SSSR count). The molecular formula is C14H24N2O4. The molecule has 0 aromatic rings. The number of fused-ring (bicyclic) bond motifs is 2. The lowest BCUT2D eigenvalue weighted by Gasteiger charge is -2.58. The third-order valence-electron chi connectivity index (χ3n) is 4.11. The Morgan fingerprint density at radius 3 is 2.00 bits per heavy atom. The molecule has 114 valence electrons. The van der Waals surface area contributed by atoms with Crippen LogP contribution in [0, 0.1) is 0 Å². The molecule has 1 amide bonds. The molecule has 3 fully saturated rings. The summed E-state index contributed by atoms with van der Waals surface area (Å²) >= 11 is 0. The van der Waals surface area contributed by atoms with Crippen LogP contribution >= 0.6 is 0 Å². The number of amides is 1. The monoisotopic (exact) mass is 284 g/mol. The number of nitrogens with zero attached hydrogens (tertiary/aromatic N) is 2. The Bertz CT molecular complexity index is 415. The van der Waals surface area contributed by atoms with Gasteiger partial charge in [0.15, 0.2) is 0 Å². The van der Waals surface area contributed by atoms with Crippen molar-refractivity contribution >= 4 is 12.1 Å². The van der Waals surface area contributed by atoms with Crippen LogP contribution in [0.25, 0.3) is 0 Å². The van der Waals surface area contributed by atoms with Crippen molar-refractivity contribution in [2.75, 3.05) is 13.1 Å². The maximum atomic E-state index is 12.1. The largest absolute Gasteiger partial charge is 0.480 e. The number of carboxylic acids is 1. The minimum atomic E-state index is -0.892. The fourth-order valence-electron chi connectivity index (χ4n) is 2.81. The van der Waals surface area contributed by atoms with E-state index in [4.69, 9.17) is 4.74 Å². The van der Waals surface area contributed by atoms with Gasteiger partial charge in [-0.3, -0.25) is 14.6 Å². The molecule has 2 atom stereocenters. The second kappa shape index (κ2) is 4.62. The Morgan fingerprint density at radius 2 is 1.60 bits per heavy atom. The summed E-state index contributed by atoms with van der Waals surface area (Å²) in [4.78, 5) is 27.1. The standard InChI is InChI=1S/C14H24N2O4/c1-13(2,3)20-12(19)16-9-6-10(16)8-15(7-9)14(4,5)11(17)18/h9-10H,6-8H2,1-5H3,(H,17,18). The number of carbonyl (C=O) groups excluding carboxylic acids is 1. The number of carboxylic acid groups (broad SMARTS) is 1. The SMILES string of the molecule is CC(C)(C)OC(=O)N1C2CC1CN(C(C)(C)C(=O)O)C2. The zero-order valence-electron chi connectivity index (χ0n) is 12.8. The molecule has 2 bridgehead atoms. The molecule has 3 aliphatic heterocycles. The number of piperidine rings is 1. The molecule has 0 aromatic carbocycles. The van der Waals surface area contributed by atoms with E-state index in [9.17, 15) is 14.7 Å². The van der Waals surface area contributed by atoms with Gasteiger partial charge in [0.1, 0.15) is 11.1 Å². The first-order chi connectivity index (χ1) is 9.02. The van der Waals surface area contributed by atoms with Gasteiger partial charge in [-0.2, -0.15) is 0 Å². The molecule has 1 N–H and O–H groups in total. The lowest BCUT2D eigenvalue weighted by molar-refractivity contribution is -0.157. The van der Waals surface area contributed by atoms with Gasteiger partial charge in [0.25, 0.3) is 0 Å². The maximum Gasteiger partial charge on any atom is 0.410 e. The normalized spacial score (nSPS) is 26.9. The molecule has 0 aromatic heterocycles. The zero-order valence-corrected chi connectivity index (χ0v) is 12.8. The smallest absolute Gasteiger partial charge is 0.410 e. The van der Waals surface area contributed by atoms with E-state index < -0.39 is 17.1 Å². The van der Waals surface area contributed by atoms with Gasteiger partial charge in [-0.15, -0.1) is 0 Å². The highest BCUT2D eigenvalue weighted by molar-refractivity contribution is 5.78. The van der Waals surface area contributed by atoms with Gasteiger partial charge in [0, 0.05) is 13.1 Å². The van der Waals surface area contributed by atoms with Gasteiger partial charge in [-0.1, -0.05) is 0 Å². The Morgan fingerprint density at radius 1 is 1.10 bits per heavy atom. The second-order valence-corrected chi connectivity index (χ2v) is 7.20. The summed E-state index contributed by atoms with van der Waals surface area (Å²) in [5.74, 6) is -0.831. The van der Waals surface area contributed by atoms with Crippen LogP contribution in [0.2, 0.25) is 0 Å². The predicted octanol–water partition coefficient (Wildman–Crippen LogP) is 1.54. The van der Waals surface area contributed by atoms with E-state index >= 15 is 0 Å². The van der Waals surface area contributed by atoms with Crippen molar-refractivity contribution in [3.8, 4) is 0 Å². The van der Waals surface area contributed by atoms with Crippen LogP contribution < -0.4 is 0 Å². The van der Waals surface area contributed by atoms with Crippen molar-refractivity contribution in [1.82, 2.24) is 9.80 Å². The van der Waals surface area contributed by atoms with E-state index in [0.29, 0.717) is 13.1 Å². The summed E-state index contributed by atoms with van der Waals surface area (Å²) in [7, 11) is 0. The molecule has 2 unspecified atom stereocenters. The lowest BCUT2D eigenvalue weighted by atomic mass is 9.85. The van der Waals surface area contributed by atoms with Crippen molar-refractivity contribution in [2.45, 2.75) is 64.3 Å². The molecule has 20 heavy (non-hydrogen) atoms. The van der Waals surface area contributed by atoms with Crippen LogP contribution in [0.1, 0.15) is 41.0 Å². The second-order valence-electron chi connectivity index (χ2n) is 7.20. The van der Waals surface area contributed by atoms with Crippen LogP contribution in [0.5, 0.6) is 0 Å². The number of aliphatic carboxylic acids is 1. The number of carbonyl (C=O) groups is 2. The molecule has 3 aliphatic rings. The van der Waals surface area contributed by atoms with Gasteiger partial charge in [-0.05, 0) is 41.0 Å². The molecule has 0 spiro atoms. The maximum absolute atomic E-state index is 12.1. The Hall–Kier alpha value is -1.30. The van der Waals surface area contributed by atoms with Crippen LogP contribution in [0.3, 0.4) is 0 Å². The molecule has 0 radical (unpaired) electrons.